The highest BCUT2D eigenvalue weighted by molar-refractivity contribution is 5.87. The van der Waals surface area contributed by atoms with Crippen LogP contribution in [0.2, 0.25) is 0 Å². The highest BCUT2D eigenvalue weighted by Gasteiger charge is 2.80. The third-order valence-corrected chi connectivity index (χ3v) is 15.5. The van der Waals surface area contributed by atoms with Gasteiger partial charge in [0.2, 0.25) is 0 Å². The van der Waals surface area contributed by atoms with Gasteiger partial charge in [0, 0.05) is 71.6 Å². The first kappa shape index (κ1) is 29.5. The number of rotatable bonds is 1. The number of ether oxygens (including phenoxy) is 3. The molecule has 6 fully saturated rings. The molecule has 1 spiro atoms. The molecule has 8 heteroatoms. The van der Waals surface area contributed by atoms with E-state index in [1.165, 1.54) is 27.7 Å². The Hall–Kier alpha value is -3.17. The minimum absolute atomic E-state index is 0.0975. The smallest absolute Gasteiger partial charge is 0.329 e. The van der Waals surface area contributed by atoms with Gasteiger partial charge in [-0.1, -0.05) is 48.0 Å². The molecule has 1 aromatic heterocycles. The summed E-state index contributed by atoms with van der Waals surface area (Å²) in [6.07, 6.45) is 7.36. The number of nitrogens with zero attached hydrogens (tertiary/aromatic N) is 4. The Morgan fingerprint density at radius 2 is 1.88 bits per heavy atom. The zero-order valence-corrected chi connectivity index (χ0v) is 29.4. The van der Waals surface area contributed by atoms with E-state index in [0.29, 0.717) is 30.5 Å². The molecule has 9 heterocycles. The molecule has 3 aromatic rings. The van der Waals surface area contributed by atoms with E-state index in [-0.39, 0.29) is 29.3 Å². The van der Waals surface area contributed by atoms with Crippen LogP contribution in [-0.4, -0.2) is 83.8 Å². The molecular weight excluding hydrogens is 612 g/mol. The summed E-state index contributed by atoms with van der Waals surface area (Å²) in [6, 6.07) is 18.5. The van der Waals surface area contributed by atoms with Crippen molar-refractivity contribution in [3.63, 3.8) is 0 Å². The third-order valence-electron chi connectivity index (χ3n) is 15.5. The summed E-state index contributed by atoms with van der Waals surface area (Å²) >= 11 is 0. The van der Waals surface area contributed by atoms with Gasteiger partial charge in [-0.05, 0) is 82.2 Å². The molecule has 2 aromatic carbocycles. The molecule has 8 aliphatic rings. The average Bonchev–Trinajstić information content (AvgIpc) is 3.53. The van der Waals surface area contributed by atoms with Crippen LogP contribution in [0.5, 0.6) is 0 Å². The van der Waals surface area contributed by atoms with Crippen molar-refractivity contribution in [2.24, 2.45) is 30.7 Å². The number of methoxy groups -OCH3 is 1. The van der Waals surface area contributed by atoms with Crippen molar-refractivity contribution in [1.82, 2.24) is 14.4 Å². The van der Waals surface area contributed by atoms with E-state index in [4.69, 9.17) is 14.2 Å². The summed E-state index contributed by atoms with van der Waals surface area (Å²) in [5, 5.41) is 1.42. The van der Waals surface area contributed by atoms with Crippen LogP contribution < -0.4 is 4.90 Å². The number of esters is 1. The maximum Gasteiger partial charge on any atom is 0.329 e. The summed E-state index contributed by atoms with van der Waals surface area (Å²) < 4.78 is 23.3. The highest BCUT2D eigenvalue weighted by atomic mass is 16.7. The van der Waals surface area contributed by atoms with Crippen molar-refractivity contribution in [2.75, 3.05) is 38.8 Å². The number of fused-ring (bicyclic) bond motifs is 13. The molecule has 4 bridgehead atoms. The zero-order chi connectivity index (χ0) is 33.2. The van der Waals surface area contributed by atoms with Crippen LogP contribution in [0, 0.1) is 23.7 Å². The lowest BCUT2D eigenvalue weighted by Crippen LogP contribution is -2.85. The molecule has 8 aliphatic heterocycles. The fraction of sp³-hybridized carbons (Fsp3) is 0.585. The van der Waals surface area contributed by atoms with Crippen molar-refractivity contribution in [2.45, 2.75) is 87.0 Å². The number of likely N-dealkylation sites (N-methyl/N-ethyl adjacent to an activating group) is 1. The third kappa shape index (κ3) is 3.26. The van der Waals surface area contributed by atoms with Gasteiger partial charge in [0.1, 0.15) is 6.04 Å². The largest absolute Gasteiger partial charge is 0.467 e. The normalized spacial score (nSPS) is 43.8. The number of benzene rings is 2. The summed E-state index contributed by atoms with van der Waals surface area (Å²) in [5.74, 6) is 0.357. The van der Waals surface area contributed by atoms with E-state index in [1.54, 1.807) is 12.7 Å². The minimum atomic E-state index is -0.756. The van der Waals surface area contributed by atoms with E-state index < -0.39 is 17.6 Å². The predicted molar refractivity (Wildman–Crippen MR) is 187 cm³/mol. The molecular formula is C41H48N4O4. The van der Waals surface area contributed by atoms with Gasteiger partial charge < -0.3 is 23.7 Å². The molecule has 0 saturated carbocycles. The number of carbonyl (C=O) groups excluding carboxylic acids is 1. The second-order valence-electron chi connectivity index (χ2n) is 16.8. The van der Waals surface area contributed by atoms with E-state index in [2.05, 4.69) is 102 Å². The molecule has 49 heavy (non-hydrogen) atoms. The molecule has 0 amide bonds. The molecule has 0 N–H and O–H groups in total. The summed E-state index contributed by atoms with van der Waals surface area (Å²) in [6.45, 7) is 7.02. The van der Waals surface area contributed by atoms with Crippen LogP contribution >= 0.6 is 0 Å². The van der Waals surface area contributed by atoms with Crippen LogP contribution in [-0.2, 0) is 37.9 Å². The number of para-hydroxylation sites is 2. The van der Waals surface area contributed by atoms with Crippen molar-refractivity contribution >= 4 is 22.6 Å². The average molecular weight is 661 g/mol. The first-order chi connectivity index (χ1) is 23.8. The molecule has 0 radical (unpaired) electrons. The zero-order valence-electron chi connectivity index (χ0n) is 29.4. The molecule has 0 aliphatic carbocycles. The first-order valence-electron chi connectivity index (χ1n) is 18.7. The fourth-order valence-corrected chi connectivity index (χ4v) is 13.5. The maximum atomic E-state index is 14.0. The van der Waals surface area contributed by atoms with Crippen LogP contribution in [0.1, 0.15) is 62.4 Å². The highest BCUT2D eigenvalue weighted by Crippen LogP contribution is 2.72. The lowest BCUT2D eigenvalue weighted by atomic mass is 9.52. The quantitative estimate of drug-likeness (QED) is 0.251. The van der Waals surface area contributed by atoms with Crippen molar-refractivity contribution in [3.05, 3.63) is 77.0 Å². The van der Waals surface area contributed by atoms with Crippen LogP contribution in [0.4, 0.5) is 5.69 Å². The predicted octanol–water partition coefficient (Wildman–Crippen LogP) is 5.54. The van der Waals surface area contributed by atoms with Gasteiger partial charge in [0.25, 0.3) is 0 Å². The molecule has 256 valence electrons. The van der Waals surface area contributed by atoms with Gasteiger partial charge in [-0.2, -0.15) is 0 Å². The minimum Gasteiger partial charge on any atom is -0.467 e. The number of allylic oxidation sites excluding steroid dienone is 1. The summed E-state index contributed by atoms with van der Waals surface area (Å²) in [7, 11) is 6.19. The fourth-order valence-electron chi connectivity index (χ4n) is 13.5. The van der Waals surface area contributed by atoms with Gasteiger partial charge in [0.15, 0.2) is 11.5 Å². The van der Waals surface area contributed by atoms with Crippen LogP contribution in [0.25, 0.3) is 10.9 Å². The van der Waals surface area contributed by atoms with Gasteiger partial charge in [-0.3, -0.25) is 9.80 Å². The Morgan fingerprint density at radius 3 is 2.71 bits per heavy atom. The topological polar surface area (TPSA) is 59.4 Å². The molecule has 0 unspecified atom stereocenters. The van der Waals surface area contributed by atoms with Gasteiger partial charge in [0.05, 0.1) is 25.8 Å². The Bertz CT molecular complexity index is 1970. The second kappa shape index (κ2) is 9.58. The molecule has 11 rings (SSSR count). The lowest BCUT2D eigenvalue weighted by Gasteiger charge is -2.72. The standard InChI is InChI=1S/C41H48N4O4/c1-6-23-21-44-16-15-40-20-30-26-17-34-36-27(24-11-7-9-13-31(24)43(36)4)18-33(42(34)3)28(26)22-48-39(30,2)49-41(40)35(44)19-25(23)37(38(46)47-5)45(41)32-14-10-8-12-29(32)40/h6-14,25-26,28,30,33-35,37H,15-22H2,1-5H3/b23-6-/t25-,26-,28-,30-,33-,34-,35-,37+,39+,40-,41-/m0/s1. The Balaban J connectivity index is 1.07. The maximum absolute atomic E-state index is 14.0. The molecule has 6 saturated heterocycles. The van der Waals surface area contributed by atoms with Gasteiger partial charge in [-0.25, -0.2) is 4.79 Å². The van der Waals surface area contributed by atoms with E-state index in [9.17, 15) is 4.79 Å². The molecule has 11 atom stereocenters. The number of carbonyl (C=O) groups is 1. The van der Waals surface area contributed by atoms with E-state index >= 15 is 0 Å². The SMILES string of the molecule is C/C=C1/CN2CC[C@@]34C[C@H]5[C@H]6C[C@H]7c8c(c9ccccc9n8C)C[C@@H]([C@H]6CO[C@]5(C)O[C@@]35[C@@H]2C[C@@H]1[C@H](C(=O)OC)N5c1ccccc14)N7C. The number of piperidine rings is 4. The van der Waals surface area contributed by atoms with Crippen molar-refractivity contribution in [1.29, 1.82) is 0 Å². The van der Waals surface area contributed by atoms with Gasteiger partial charge >= 0.3 is 5.97 Å². The Morgan fingerprint density at radius 1 is 1.06 bits per heavy atom. The number of aryl methyl sites for hydroxylation is 1. The number of hydrogen-bond acceptors (Lipinski definition) is 7. The Labute approximate surface area is 288 Å². The number of hydrogen-bond donors (Lipinski definition) is 0. The first-order valence-corrected chi connectivity index (χ1v) is 18.7. The monoisotopic (exact) mass is 660 g/mol. The van der Waals surface area contributed by atoms with E-state index in [0.717, 1.165) is 50.9 Å². The van der Waals surface area contributed by atoms with E-state index in [1.807, 2.05) is 0 Å². The van der Waals surface area contributed by atoms with Gasteiger partial charge in [-0.15, -0.1) is 0 Å². The van der Waals surface area contributed by atoms with Crippen LogP contribution in [0.3, 0.4) is 0 Å². The number of aromatic nitrogens is 1. The number of anilines is 1. The molecule has 8 nitrogen and oxygen atoms in total. The van der Waals surface area contributed by atoms with Crippen molar-refractivity contribution < 1.29 is 19.0 Å². The van der Waals surface area contributed by atoms with Crippen molar-refractivity contribution in [3.8, 4) is 0 Å². The second-order valence-corrected chi connectivity index (χ2v) is 16.8. The Kier molecular flexibility index (Phi) is 5.78. The lowest BCUT2D eigenvalue weighted by molar-refractivity contribution is -0.401. The summed E-state index contributed by atoms with van der Waals surface area (Å²) in [5.41, 5.74) is 7.33. The summed E-state index contributed by atoms with van der Waals surface area (Å²) in [4.78, 5) is 21.8. The van der Waals surface area contributed by atoms with Crippen LogP contribution in [0.15, 0.2) is 60.2 Å².